The van der Waals surface area contributed by atoms with Crippen LogP contribution in [0.15, 0.2) is 54.6 Å². The fourth-order valence-corrected chi connectivity index (χ4v) is 3.74. The van der Waals surface area contributed by atoms with Gasteiger partial charge >= 0.3 is 0 Å². The van der Waals surface area contributed by atoms with Crippen molar-refractivity contribution in [2.45, 2.75) is 31.3 Å². The molecular weight excluding hydrogens is 395 g/mol. The number of hydrogen-bond donors (Lipinski definition) is 2. The van der Waals surface area contributed by atoms with Crippen molar-refractivity contribution in [3.63, 3.8) is 0 Å². The van der Waals surface area contributed by atoms with Gasteiger partial charge in [-0.1, -0.05) is 42.5 Å². The van der Waals surface area contributed by atoms with Crippen molar-refractivity contribution in [1.29, 1.82) is 0 Å². The van der Waals surface area contributed by atoms with Crippen LogP contribution in [-0.2, 0) is 11.8 Å². The monoisotopic (exact) mass is 420 g/mol. The predicted octanol–water partition coefficient (Wildman–Crippen LogP) is 3.76. The number of carbonyl (C=O) groups is 1. The minimum absolute atomic E-state index is 0. The van der Waals surface area contributed by atoms with Crippen LogP contribution in [-0.4, -0.2) is 28.0 Å². The maximum Gasteiger partial charge on any atom is 0.222 e. The molecule has 1 saturated heterocycles. The SMILES string of the molecule is Cl.Cl.Cn1c(C(NC(=O)CC2CCCN2)c2ccccc2)nc2ccccc21. The number of hydrogen-bond acceptors (Lipinski definition) is 3. The van der Waals surface area contributed by atoms with E-state index < -0.39 is 0 Å². The van der Waals surface area contributed by atoms with Gasteiger partial charge in [0, 0.05) is 19.5 Å². The van der Waals surface area contributed by atoms with Crippen LogP contribution < -0.4 is 10.6 Å². The van der Waals surface area contributed by atoms with Gasteiger partial charge in [-0.25, -0.2) is 4.98 Å². The Kier molecular flexibility index (Phi) is 7.87. The molecule has 150 valence electrons. The highest BCUT2D eigenvalue weighted by atomic mass is 35.5. The molecular formula is C21H26Cl2N4O. The van der Waals surface area contributed by atoms with Crippen LogP contribution in [0.4, 0.5) is 0 Å². The molecule has 7 heteroatoms. The topological polar surface area (TPSA) is 59.0 Å². The highest BCUT2D eigenvalue weighted by Crippen LogP contribution is 2.25. The van der Waals surface area contributed by atoms with Gasteiger partial charge in [0.2, 0.25) is 5.91 Å². The van der Waals surface area contributed by atoms with Gasteiger partial charge in [0.15, 0.2) is 0 Å². The summed E-state index contributed by atoms with van der Waals surface area (Å²) in [6.45, 7) is 1.00. The molecule has 2 N–H and O–H groups in total. The Morgan fingerprint density at radius 1 is 1.18 bits per heavy atom. The highest BCUT2D eigenvalue weighted by Gasteiger charge is 2.24. The van der Waals surface area contributed by atoms with Gasteiger partial charge < -0.3 is 15.2 Å². The van der Waals surface area contributed by atoms with Gasteiger partial charge in [-0.15, -0.1) is 24.8 Å². The molecule has 1 aliphatic heterocycles. The van der Waals surface area contributed by atoms with Crippen molar-refractivity contribution in [1.82, 2.24) is 20.2 Å². The number of nitrogens with zero attached hydrogens (tertiary/aromatic N) is 2. The third kappa shape index (κ3) is 4.66. The van der Waals surface area contributed by atoms with Crippen LogP contribution in [0.25, 0.3) is 11.0 Å². The molecule has 0 spiro atoms. The van der Waals surface area contributed by atoms with E-state index in [-0.39, 0.29) is 42.8 Å². The zero-order valence-electron chi connectivity index (χ0n) is 15.8. The molecule has 1 aliphatic rings. The second-order valence-electron chi connectivity index (χ2n) is 6.93. The molecule has 1 aromatic heterocycles. The Morgan fingerprint density at radius 3 is 2.57 bits per heavy atom. The normalized spacial score (nSPS) is 16.8. The van der Waals surface area contributed by atoms with E-state index in [2.05, 4.69) is 21.3 Å². The lowest BCUT2D eigenvalue weighted by Crippen LogP contribution is -2.35. The first-order chi connectivity index (χ1) is 12.7. The largest absolute Gasteiger partial charge is 0.342 e. The van der Waals surface area contributed by atoms with Crippen molar-refractivity contribution < 1.29 is 4.79 Å². The first kappa shape index (κ1) is 22.2. The predicted molar refractivity (Wildman–Crippen MR) is 117 cm³/mol. The number of halogens is 2. The maximum atomic E-state index is 12.7. The highest BCUT2D eigenvalue weighted by molar-refractivity contribution is 5.85. The van der Waals surface area contributed by atoms with Crippen LogP contribution in [0.5, 0.6) is 0 Å². The maximum absolute atomic E-state index is 12.7. The molecule has 5 nitrogen and oxygen atoms in total. The summed E-state index contributed by atoms with van der Waals surface area (Å²) in [5, 5.41) is 6.61. The third-order valence-electron chi connectivity index (χ3n) is 5.11. The summed E-state index contributed by atoms with van der Waals surface area (Å²) in [5.41, 5.74) is 3.05. The van der Waals surface area contributed by atoms with Crippen LogP contribution >= 0.6 is 24.8 Å². The van der Waals surface area contributed by atoms with Gasteiger partial charge in [-0.05, 0) is 37.1 Å². The number of aryl methyl sites for hydroxylation is 1. The van der Waals surface area contributed by atoms with Gasteiger partial charge in [-0.2, -0.15) is 0 Å². The first-order valence-electron chi connectivity index (χ1n) is 9.21. The van der Waals surface area contributed by atoms with Gasteiger partial charge in [0.1, 0.15) is 11.9 Å². The molecule has 0 saturated carbocycles. The zero-order valence-corrected chi connectivity index (χ0v) is 17.4. The smallest absolute Gasteiger partial charge is 0.222 e. The molecule has 2 aromatic carbocycles. The molecule has 4 rings (SSSR count). The van der Waals surface area contributed by atoms with E-state index in [0.717, 1.165) is 41.8 Å². The second kappa shape index (κ2) is 9.92. The summed E-state index contributed by atoms with van der Waals surface area (Å²) in [6, 6.07) is 18.1. The first-order valence-corrected chi connectivity index (χ1v) is 9.21. The standard InChI is InChI=1S/C21H24N4O.2ClH/c1-25-18-12-6-5-11-17(18)23-21(25)20(15-8-3-2-4-9-15)24-19(26)14-16-10-7-13-22-16;;/h2-6,8-9,11-12,16,20,22H,7,10,13-14H2,1H3,(H,24,26);2*1H. The minimum Gasteiger partial charge on any atom is -0.342 e. The summed E-state index contributed by atoms with van der Waals surface area (Å²) in [4.78, 5) is 17.5. The lowest BCUT2D eigenvalue weighted by molar-refractivity contribution is -0.122. The van der Waals surface area contributed by atoms with Crippen LogP contribution in [0.1, 0.15) is 36.7 Å². The third-order valence-corrected chi connectivity index (χ3v) is 5.11. The Hall–Kier alpha value is -2.08. The summed E-state index contributed by atoms with van der Waals surface area (Å²) in [5.74, 6) is 0.912. The molecule has 3 aromatic rings. The summed E-state index contributed by atoms with van der Waals surface area (Å²) >= 11 is 0. The molecule has 0 bridgehead atoms. The molecule has 2 heterocycles. The summed E-state index contributed by atoms with van der Waals surface area (Å²) in [6.07, 6.45) is 2.72. The lowest BCUT2D eigenvalue weighted by atomic mass is 10.1. The molecule has 0 radical (unpaired) electrons. The van der Waals surface area contributed by atoms with Crippen molar-refractivity contribution in [2.75, 3.05) is 6.54 Å². The number of fused-ring (bicyclic) bond motifs is 1. The van der Waals surface area contributed by atoms with Crippen molar-refractivity contribution in [3.05, 3.63) is 66.0 Å². The number of para-hydroxylation sites is 2. The van der Waals surface area contributed by atoms with Crippen molar-refractivity contribution in [2.24, 2.45) is 7.05 Å². The van der Waals surface area contributed by atoms with E-state index in [1.54, 1.807) is 0 Å². The quantitative estimate of drug-likeness (QED) is 0.660. The molecule has 1 fully saturated rings. The molecule has 2 atom stereocenters. The van der Waals surface area contributed by atoms with E-state index in [0.29, 0.717) is 6.42 Å². The fraction of sp³-hybridized carbons (Fsp3) is 0.333. The number of aromatic nitrogens is 2. The Bertz CT molecular complexity index is 907. The Balaban J connectivity index is 0.00000140. The summed E-state index contributed by atoms with van der Waals surface area (Å²) < 4.78 is 2.07. The molecule has 2 unspecified atom stereocenters. The number of nitrogens with one attached hydrogen (secondary N) is 2. The second-order valence-corrected chi connectivity index (χ2v) is 6.93. The average molecular weight is 421 g/mol. The van der Waals surface area contributed by atoms with Crippen LogP contribution in [0.3, 0.4) is 0 Å². The Labute approximate surface area is 177 Å². The number of benzene rings is 2. The van der Waals surface area contributed by atoms with Crippen molar-refractivity contribution >= 4 is 41.8 Å². The van der Waals surface area contributed by atoms with Gasteiger partial charge in [0.05, 0.1) is 11.0 Å². The lowest BCUT2D eigenvalue weighted by Gasteiger charge is -2.20. The van der Waals surface area contributed by atoms with E-state index in [1.165, 1.54) is 0 Å². The van der Waals surface area contributed by atoms with Crippen LogP contribution in [0.2, 0.25) is 0 Å². The molecule has 28 heavy (non-hydrogen) atoms. The van der Waals surface area contributed by atoms with Crippen LogP contribution in [0, 0.1) is 0 Å². The van der Waals surface area contributed by atoms with Gasteiger partial charge in [-0.3, -0.25) is 4.79 Å². The van der Waals surface area contributed by atoms with E-state index in [4.69, 9.17) is 4.98 Å². The number of imidazole rings is 1. The number of carbonyl (C=O) groups excluding carboxylic acids is 1. The van der Waals surface area contributed by atoms with E-state index in [1.807, 2.05) is 55.6 Å². The fourth-order valence-electron chi connectivity index (χ4n) is 3.74. The van der Waals surface area contributed by atoms with E-state index in [9.17, 15) is 4.79 Å². The number of amides is 1. The van der Waals surface area contributed by atoms with E-state index >= 15 is 0 Å². The average Bonchev–Trinajstić information content (AvgIpc) is 3.29. The number of rotatable bonds is 5. The summed E-state index contributed by atoms with van der Waals surface area (Å²) in [7, 11) is 2.01. The zero-order chi connectivity index (χ0) is 17.9. The molecule has 0 aliphatic carbocycles. The minimum atomic E-state index is -0.262. The Morgan fingerprint density at radius 2 is 1.89 bits per heavy atom. The van der Waals surface area contributed by atoms with Crippen molar-refractivity contribution in [3.8, 4) is 0 Å². The molecule has 1 amide bonds. The van der Waals surface area contributed by atoms with Gasteiger partial charge in [0.25, 0.3) is 0 Å².